The Bertz CT molecular complexity index is 593. The standard InChI is InChI=1S/C12H20N5O4P/c1-15(2)22(19)20-8-9-6-16(3)7-11(21-9)17-5-4-10(13)14-12(17)18/h4-5,9,11H,6-8H2,1-3H3,(H-,13,14,18)/p+1/t9-,11+/m0/s1. The van der Waals surface area contributed by atoms with Gasteiger partial charge in [0.1, 0.15) is 18.5 Å². The van der Waals surface area contributed by atoms with E-state index in [0.29, 0.717) is 13.1 Å². The number of hydrogen-bond donors (Lipinski definition) is 1. The van der Waals surface area contributed by atoms with E-state index in [1.54, 1.807) is 26.4 Å². The first-order chi connectivity index (χ1) is 10.4. The molecule has 1 aromatic heterocycles. The Morgan fingerprint density at radius 2 is 2.27 bits per heavy atom. The van der Waals surface area contributed by atoms with Crippen molar-refractivity contribution in [3.8, 4) is 0 Å². The summed E-state index contributed by atoms with van der Waals surface area (Å²) in [6, 6.07) is 1.55. The predicted molar refractivity (Wildman–Crippen MR) is 81.6 cm³/mol. The average Bonchev–Trinajstić information content (AvgIpc) is 2.43. The van der Waals surface area contributed by atoms with Gasteiger partial charge in [-0.25, -0.2) is 4.79 Å². The second-order valence-corrected chi connectivity index (χ2v) is 6.89. The van der Waals surface area contributed by atoms with Crippen LogP contribution in [-0.2, 0) is 13.8 Å². The summed E-state index contributed by atoms with van der Waals surface area (Å²) in [7, 11) is 3.40. The van der Waals surface area contributed by atoms with Gasteiger partial charge in [0.2, 0.25) is 0 Å². The lowest BCUT2D eigenvalue weighted by atomic mass is 10.3. The van der Waals surface area contributed by atoms with E-state index in [1.165, 1.54) is 9.24 Å². The second kappa shape index (κ2) is 7.26. The highest BCUT2D eigenvalue weighted by Crippen LogP contribution is 2.26. The largest absolute Gasteiger partial charge is 0.615 e. The van der Waals surface area contributed by atoms with Crippen molar-refractivity contribution in [2.24, 2.45) is 0 Å². The number of rotatable bonds is 5. The minimum atomic E-state index is -1.87. The van der Waals surface area contributed by atoms with Gasteiger partial charge >= 0.3 is 13.9 Å². The van der Waals surface area contributed by atoms with Crippen molar-refractivity contribution in [1.29, 1.82) is 0 Å². The Morgan fingerprint density at radius 1 is 1.55 bits per heavy atom. The highest BCUT2D eigenvalue weighted by atomic mass is 31.1. The van der Waals surface area contributed by atoms with Gasteiger partial charge in [-0.15, -0.1) is 4.52 Å². The molecule has 0 amide bonds. The van der Waals surface area contributed by atoms with Crippen LogP contribution in [0.4, 0.5) is 5.82 Å². The number of nitrogens with two attached hydrogens (primary N) is 1. The van der Waals surface area contributed by atoms with Crippen molar-refractivity contribution in [2.75, 3.05) is 46.6 Å². The molecule has 1 aromatic rings. The number of nitrogens with zero attached hydrogens (tertiary/aromatic N) is 4. The SMILES string of the molecule is CN1C[C@@H](CO[P+](=O)N(C)C)O[C@@H](n2ccc(N)nc2=O)C1. The van der Waals surface area contributed by atoms with E-state index in [9.17, 15) is 9.36 Å². The van der Waals surface area contributed by atoms with Crippen LogP contribution >= 0.6 is 8.18 Å². The third-order valence-electron chi connectivity index (χ3n) is 3.19. The summed E-state index contributed by atoms with van der Waals surface area (Å²) >= 11 is 0. The van der Waals surface area contributed by atoms with Crippen LogP contribution in [0.15, 0.2) is 17.1 Å². The molecule has 1 saturated heterocycles. The molecule has 122 valence electrons. The van der Waals surface area contributed by atoms with E-state index in [4.69, 9.17) is 15.0 Å². The molecule has 2 rings (SSSR count). The van der Waals surface area contributed by atoms with Gasteiger partial charge in [0.25, 0.3) is 0 Å². The highest BCUT2D eigenvalue weighted by molar-refractivity contribution is 7.36. The molecule has 1 unspecified atom stereocenters. The van der Waals surface area contributed by atoms with Crippen molar-refractivity contribution >= 4 is 14.0 Å². The number of ether oxygens (including phenoxy) is 1. The second-order valence-electron chi connectivity index (χ2n) is 5.36. The van der Waals surface area contributed by atoms with E-state index >= 15 is 0 Å². The zero-order valence-corrected chi connectivity index (χ0v) is 13.8. The fourth-order valence-corrected chi connectivity index (χ4v) is 2.67. The maximum absolute atomic E-state index is 11.9. The van der Waals surface area contributed by atoms with Crippen molar-refractivity contribution in [1.82, 2.24) is 19.1 Å². The first-order valence-corrected chi connectivity index (χ1v) is 7.96. The monoisotopic (exact) mass is 330 g/mol. The van der Waals surface area contributed by atoms with Crippen molar-refractivity contribution < 1.29 is 13.8 Å². The Balaban J connectivity index is 2.04. The Morgan fingerprint density at radius 3 is 2.91 bits per heavy atom. The summed E-state index contributed by atoms with van der Waals surface area (Å²) in [6.07, 6.45) is 0.796. The quantitative estimate of drug-likeness (QED) is 0.746. The molecule has 0 bridgehead atoms. The first kappa shape index (κ1) is 17.0. The van der Waals surface area contributed by atoms with Gasteiger partial charge in [-0.2, -0.15) is 4.98 Å². The van der Waals surface area contributed by atoms with Crippen LogP contribution in [0.25, 0.3) is 0 Å². The van der Waals surface area contributed by atoms with Crippen molar-refractivity contribution in [3.63, 3.8) is 0 Å². The molecular weight excluding hydrogens is 309 g/mol. The first-order valence-electron chi connectivity index (χ1n) is 6.83. The van der Waals surface area contributed by atoms with Gasteiger partial charge < -0.3 is 10.5 Å². The number of anilines is 1. The minimum absolute atomic E-state index is 0.174. The molecule has 0 radical (unpaired) electrons. The molecule has 2 N–H and O–H groups in total. The van der Waals surface area contributed by atoms with Gasteiger partial charge in [0.05, 0.1) is 0 Å². The zero-order valence-electron chi connectivity index (χ0n) is 12.9. The van der Waals surface area contributed by atoms with Crippen LogP contribution in [-0.4, -0.2) is 66.1 Å². The highest BCUT2D eigenvalue weighted by Gasteiger charge is 2.31. The van der Waals surface area contributed by atoms with E-state index in [-0.39, 0.29) is 18.5 Å². The summed E-state index contributed by atoms with van der Waals surface area (Å²) in [5.74, 6) is 0.174. The van der Waals surface area contributed by atoms with Gasteiger partial charge in [-0.3, -0.25) is 9.47 Å². The molecule has 1 fully saturated rings. The normalized spacial score (nSPS) is 23.7. The Hall–Kier alpha value is -1.38. The average molecular weight is 330 g/mol. The fraction of sp³-hybridized carbons (Fsp3) is 0.667. The minimum Gasteiger partial charge on any atom is -0.383 e. The topological polar surface area (TPSA) is 103 Å². The van der Waals surface area contributed by atoms with Gasteiger partial charge in [0.15, 0.2) is 6.23 Å². The molecule has 1 aliphatic heterocycles. The molecule has 1 aliphatic rings. The van der Waals surface area contributed by atoms with Crippen LogP contribution in [0.1, 0.15) is 6.23 Å². The van der Waals surface area contributed by atoms with Crippen LogP contribution in [0, 0.1) is 0 Å². The lowest BCUT2D eigenvalue weighted by Crippen LogP contribution is -2.47. The number of hydrogen-bond acceptors (Lipinski definition) is 7. The molecule has 2 heterocycles. The van der Waals surface area contributed by atoms with Crippen LogP contribution in [0.3, 0.4) is 0 Å². The van der Waals surface area contributed by atoms with Crippen molar-refractivity contribution in [3.05, 3.63) is 22.7 Å². The smallest absolute Gasteiger partial charge is 0.383 e. The number of likely N-dealkylation sites (N-methyl/N-ethyl adjacent to an activating group) is 1. The van der Waals surface area contributed by atoms with Gasteiger partial charge in [-0.05, 0) is 17.7 Å². The molecule has 0 spiro atoms. The van der Waals surface area contributed by atoms with Crippen molar-refractivity contribution in [2.45, 2.75) is 12.3 Å². The molecular formula is C12H21N5O4P+. The molecule has 3 atom stereocenters. The van der Waals surface area contributed by atoms with E-state index in [2.05, 4.69) is 4.98 Å². The lowest BCUT2D eigenvalue weighted by molar-refractivity contribution is -0.127. The maximum Gasteiger partial charge on any atom is 0.615 e. The number of morpholine rings is 1. The molecule has 22 heavy (non-hydrogen) atoms. The van der Waals surface area contributed by atoms with Crippen LogP contribution in [0.2, 0.25) is 0 Å². The number of aromatic nitrogens is 2. The van der Waals surface area contributed by atoms with E-state index < -0.39 is 20.1 Å². The lowest BCUT2D eigenvalue weighted by Gasteiger charge is -2.35. The summed E-state index contributed by atoms with van der Waals surface area (Å²) in [5.41, 5.74) is 5.03. The Labute approximate surface area is 129 Å². The van der Waals surface area contributed by atoms with Crippen LogP contribution < -0.4 is 11.4 Å². The summed E-state index contributed by atoms with van der Waals surface area (Å²) in [4.78, 5) is 17.6. The molecule has 10 heteroatoms. The molecule has 0 saturated carbocycles. The summed E-state index contributed by atoms with van der Waals surface area (Å²) in [5, 5.41) is 0. The fourth-order valence-electron chi connectivity index (χ4n) is 2.15. The third kappa shape index (κ3) is 4.31. The molecule has 0 aliphatic carbocycles. The predicted octanol–water partition coefficient (Wildman–Crippen LogP) is -0.110. The summed E-state index contributed by atoms with van der Waals surface area (Å²) in [6.45, 7) is 1.36. The summed E-state index contributed by atoms with van der Waals surface area (Å²) < 4.78 is 25.6. The molecule has 9 nitrogen and oxygen atoms in total. The third-order valence-corrected chi connectivity index (χ3v) is 4.22. The van der Waals surface area contributed by atoms with Gasteiger partial charge in [0, 0.05) is 33.4 Å². The maximum atomic E-state index is 11.9. The Kier molecular flexibility index (Phi) is 5.60. The van der Waals surface area contributed by atoms with Crippen LogP contribution in [0.5, 0.6) is 0 Å². The van der Waals surface area contributed by atoms with Gasteiger partial charge in [-0.1, -0.05) is 4.67 Å². The zero-order chi connectivity index (χ0) is 16.3. The molecule has 0 aromatic carbocycles. The number of nitrogen functional groups attached to an aromatic ring is 1. The van der Waals surface area contributed by atoms with E-state index in [0.717, 1.165) is 0 Å². The van der Waals surface area contributed by atoms with E-state index in [1.807, 2.05) is 11.9 Å².